The van der Waals surface area contributed by atoms with Crippen LogP contribution in [0.25, 0.3) is 0 Å². The molecule has 0 aromatic heterocycles. The molecule has 0 atom stereocenters. The predicted molar refractivity (Wildman–Crippen MR) is 64.3 cm³/mol. The zero-order valence-electron chi connectivity index (χ0n) is 9.98. The highest BCUT2D eigenvalue weighted by molar-refractivity contribution is 5.50. The third-order valence-electron chi connectivity index (χ3n) is 2.51. The molecule has 0 bridgehead atoms. The fraction of sp³-hybridized carbons (Fsp3) is 0.0714. The Balaban J connectivity index is 2.39. The summed E-state index contributed by atoms with van der Waals surface area (Å²) in [6.07, 6.45) is -4.53. The summed E-state index contributed by atoms with van der Waals surface area (Å²) in [4.78, 5) is 0. The Morgan fingerprint density at radius 2 is 1.75 bits per heavy atom. The highest BCUT2D eigenvalue weighted by Crippen LogP contribution is 2.35. The largest absolute Gasteiger partial charge is 0.504 e. The molecule has 20 heavy (non-hydrogen) atoms. The normalized spacial score (nSPS) is 10.9. The number of hydrogen-bond acceptors (Lipinski definition) is 3. The highest BCUT2D eigenvalue weighted by Gasteiger charge is 2.31. The first-order chi connectivity index (χ1) is 9.41. The van der Waals surface area contributed by atoms with Gasteiger partial charge in [-0.2, -0.15) is 18.4 Å². The molecule has 0 aliphatic heterocycles. The van der Waals surface area contributed by atoms with Crippen molar-refractivity contribution in [1.29, 1.82) is 5.26 Å². The van der Waals surface area contributed by atoms with Gasteiger partial charge in [0.1, 0.15) is 11.8 Å². The zero-order valence-corrected chi connectivity index (χ0v) is 9.98. The quantitative estimate of drug-likeness (QED) is 0.901. The second kappa shape index (κ2) is 5.13. The number of aromatic hydroxyl groups is 1. The van der Waals surface area contributed by atoms with E-state index in [0.717, 1.165) is 12.1 Å². The molecule has 6 heteroatoms. The number of alkyl halides is 3. The summed E-state index contributed by atoms with van der Waals surface area (Å²) in [6, 6.07) is 10.2. The average molecular weight is 279 g/mol. The van der Waals surface area contributed by atoms with Crippen LogP contribution in [0.15, 0.2) is 42.5 Å². The summed E-state index contributed by atoms with van der Waals surface area (Å²) >= 11 is 0. The molecule has 0 spiro atoms. The Morgan fingerprint density at radius 1 is 1.05 bits per heavy atom. The van der Waals surface area contributed by atoms with Crippen LogP contribution in [0.1, 0.15) is 11.1 Å². The zero-order chi connectivity index (χ0) is 14.8. The van der Waals surface area contributed by atoms with Gasteiger partial charge in [-0.25, -0.2) is 0 Å². The Labute approximate surface area is 112 Å². The van der Waals surface area contributed by atoms with Crippen LogP contribution in [-0.4, -0.2) is 5.11 Å². The molecule has 0 aliphatic carbocycles. The van der Waals surface area contributed by atoms with Gasteiger partial charge in [-0.05, 0) is 30.3 Å². The van der Waals surface area contributed by atoms with Crippen molar-refractivity contribution in [3.8, 4) is 23.3 Å². The number of halogens is 3. The molecule has 2 aromatic carbocycles. The summed E-state index contributed by atoms with van der Waals surface area (Å²) in [5, 5.41) is 18.4. The predicted octanol–water partition coefficient (Wildman–Crippen LogP) is 4.07. The van der Waals surface area contributed by atoms with Gasteiger partial charge in [-0.3, -0.25) is 0 Å². The van der Waals surface area contributed by atoms with E-state index < -0.39 is 11.7 Å². The van der Waals surface area contributed by atoms with Gasteiger partial charge < -0.3 is 9.84 Å². The first-order valence-electron chi connectivity index (χ1n) is 5.49. The number of nitriles is 1. The van der Waals surface area contributed by atoms with E-state index in [-0.39, 0.29) is 22.8 Å². The van der Waals surface area contributed by atoms with Gasteiger partial charge in [-0.1, -0.05) is 12.1 Å². The van der Waals surface area contributed by atoms with Gasteiger partial charge >= 0.3 is 6.18 Å². The summed E-state index contributed by atoms with van der Waals surface area (Å²) in [5.41, 5.74) is -1.19. The molecule has 1 N–H and O–H groups in total. The maximum atomic E-state index is 12.5. The standard InChI is InChI=1S/C14H8F3NO2/c15-14(16,17)10-5-6-12(9(7-10)8-18)20-13-4-2-1-3-11(13)19/h1-7,19H. The molecule has 0 amide bonds. The van der Waals surface area contributed by atoms with Crippen LogP contribution in [0.5, 0.6) is 17.2 Å². The van der Waals surface area contributed by atoms with Gasteiger partial charge in [0, 0.05) is 0 Å². The minimum Gasteiger partial charge on any atom is -0.504 e. The summed E-state index contributed by atoms with van der Waals surface area (Å²) < 4.78 is 42.9. The lowest BCUT2D eigenvalue weighted by molar-refractivity contribution is -0.137. The van der Waals surface area contributed by atoms with Gasteiger partial charge in [0.05, 0.1) is 11.1 Å². The van der Waals surface area contributed by atoms with Crippen molar-refractivity contribution in [2.24, 2.45) is 0 Å². The lowest BCUT2D eigenvalue weighted by Crippen LogP contribution is -2.05. The van der Waals surface area contributed by atoms with Crippen LogP contribution in [0.3, 0.4) is 0 Å². The van der Waals surface area contributed by atoms with Crippen LogP contribution < -0.4 is 4.74 Å². The third-order valence-corrected chi connectivity index (χ3v) is 2.51. The van der Waals surface area contributed by atoms with Gasteiger partial charge in [0.25, 0.3) is 0 Å². The number of rotatable bonds is 2. The molecule has 0 radical (unpaired) electrons. The molecule has 3 nitrogen and oxygen atoms in total. The maximum absolute atomic E-state index is 12.5. The Bertz CT molecular complexity index is 675. The van der Waals surface area contributed by atoms with E-state index in [1.165, 1.54) is 12.1 Å². The van der Waals surface area contributed by atoms with Crippen molar-refractivity contribution in [3.05, 3.63) is 53.6 Å². The minimum atomic E-state index is -4.53. The number of phenols is 1. The van der Waals surface area contributed by atoms with Crippen LogP contribution >= 0.6 is 0 Å². The third kappa shape index (κ3) is 2.83. The van der Waals surface area contributed by atoms with Crippen molar-refractivity contribution in [1.82, 2.24) is 0 Å². The molecule has 0 heterocycles. The van der Waals surface area contributed by atoms with Crippen LogP contribution in [-0.2, 0) is 6.18 Å². The molecule has 0 saturated carbocycles. The van der Waals surface area contributed by atoms with E-state index in [0.29, 0.717) is 6.07 Å². The van der Waals surface area contributed by atoms with Crippen molar-refractivity contribution in [2.75, 3.05) is 0 Å². The van der Waals surface area contributed by atoms with Crippen LogP contribution in [0.2, 0.25) is 0 Å². The Hall–Kier alpha value is -2.68. The number of para-hydroxylation sites is 2. The molecule has 102 valence electrons. The maximum Gasteiger partial charge on any atom is 0.416 e. The van der Waals surface area contributed by atoms with E-state index in [1.807, 2.05) is 0 Å². The van der Waals surface area contributed by atoms with E-state index >= 15 is 0 Å². The van der Waals surface area contributed by atoms with Crippen LogP contribution in [0, 0.1) is 11.3 Å². The van der Waals surface area contributed by atoms with Crippen LogP contribution in [0.4, 0.5) is 13.2 Å². The first kappa shape index (κ1) is 13.7. The summed E-state index contributed by atoms with van der Waals surface area (Å²) in [5.74, 6) is -0.165. The molecule has 0 saturated heterocycles. The Kier molecular flexibility index (Phi) is 3.53. The van der Waals surface area contributed by atoms with E-state index in [4.69, 9.17) is 10.00 Å². The van der Waals surface area contributed by atoms with Gasteiger partial charge in [0.2, 0.25) is 0 Å². The Morgan fingerprint density at radius 3 is 2.35 bits per heavy atom. The monoisotopic (exact) mass is 279 g/mol. The van der Waals surface area contributed by atoms with E-state index in [2.05, 4.69) is 0 Å². The molecule has 2 rings (SSSR count). The molecule has 0 aliphatic rings. The number of benzene rings is 2. The van der Waals surface area contributed by atoms with E-state index in [1.54, 1.807) is 18.2 Å². The topological polar surface area (TPSA) is 53.2 Å². The molecule has 0 unspecified atom stereocenters. The number of nitrogens with zero attached hydrogens (tertiary/aromatic N) is 1. The number of hydrogen-bond donors (Lipinski definition) is 1. The first-order valence-corrected chi connectivity index (χ1v) is 5.49. The van der Waals surface area contributed by atoms with Crippen molar-refractivity contribution >= 4 is 0 Å². The van der Waals surface area contributed by atoms with Crippen molar-refractivity contribution < 1.29 is 23.0 Å². The van der Waals surface area contributed by atoms with Gasteiger partial charge in [0.15, 0.2) is 11.5 Å². The number of phenolic OH excluding ortho intramolecular Hbond substituents is 1. The fourth-order valence-electron chi connectivity index (χ4n) is 1.54. The fourth-order valence-corrected chi connectivity index (χ4v) is 1.54. The van der Waals surface area contributed by atoms with E-state index in [9.17, 15) is 18.3 Å². The lowest BCUT2D eigenvalue weighted by Gasteiger charge is -2.11. The molecule has 0 fully saturated rings. The van der Waals surface area contributed by atoms with Gasteiger partial charge in [-0.15, -0.1) is 0 Å². The summed E-state index contributed by atoms with van der Waals surface area (Å²) in [6.45, 7) is 0. The van der Waals surface area contributed by atoms with Crippen molar-refractivity contribution in [3.63, 3.8) is 0 Å². The second-order valence-corrected chi connectivity index (χ2v) is 3.89. The SMILES string of the molecule is N#Cc1cc(C(F)(F)F)ccc1Oc1ccccc1O. The molecule has 2 aromatic rings. The average Bonchev–Trinajstić information content (AvgIpc) is 2.40. The highest BCUT2D eigenvalue weighted by atomic mass is 19.4. The minimum absolute atomic E-state index is 0.0537. The second-order valence-electron chi connectivity index (χ2n) is 3.89. The smallest absolute Gasteiger partial charge is 0.416 e. The van der Waals surface area contributed by atoms with Crippen molar-refractivity contribution in [2.45, 2.75) is 6.18 Å². The molecular formula is C14H8F3NO2. The number of ether oxygens (including phenoxy) is 1. The summed E-state index contributed by atoms with van der Waals surface area (Å²) in [7, 11) is 0. The molecular weight excluding hydrogens is 271 g/mol. The lowest BCUT2D eigenvalue weighted by atomic mass is 10.1.